The second kappa shape index (κ2) is 5.80. The third-order valence-corrected chi connectivity index (χ3v) is 2.38. The molecule has 0 aromatic carbocycles. The number of piperazine rings is 1. The summed E-state index contributed by atoms with van der Waals surface area (Å²) in [5, 5.41) is 8.47. The lowest BCUT2D eigenvalue weighted by atomic mass is 10.2. The number of rotatable bonds is 3. The number of hydrogen-bond acceptors (Lipinski definition) is 3. The molecule has 0 aromatic rings. The topological polar surface area (TPSA) is 26.7 Å². The zero-order chi connectivity index (χ0) is 9.90. The van der Waals surface area contributed by atoms with Crippen molar-refractivity contribution in [3.63, 3.8) is 0 Å². The molecule has 1 aliphatic rings. The first-order valence-corrected chi connectivity index (χ1v) is 4.48. The molecule has 1 heterocycles. The summed E-state index contributed by atoms with van der Waals surface area (Å²) in [6.45, 7) is 1.63. The van der Waals surface area contributed by atoms with Gasteiger partial charge in [-0.1, -0.05) is 0 Å². The maximum absolute atomic E-state index is 13.2. The Morgan fingerprint density at radius 1 is 1.21 bits per heavy atom. The molecule has 1 saturated heterocycles. The van der Waals surface area contributed by atoms with Gasteiger partial charge in [0, 0.05) is 32.6 Å². The second-order valence-electron chi connectivity index (χ2n) is 3.43. The molecule has 0 unspecified atom stereocenters. The second-order valence-corrected chi connectivity index (χ2v) is 3.43. The molecule has 0 aromatic heterocycles. The fraction of sp³-hybridized carbons (Fsp3) is 1.00. The van der Waals surface area contributed by atoms with Crippen molar-refractivity contribution in [2.45, 2.75) is 12.5 Å². The maximum Gasteiger partial charge on any atom is 0.307 e. The van der Waals surface area contributed by atoms with E-state index in [1.165, 1.54) is 0 Å². The van der Waals surface area contributed by atoms with Crippen molar-refractivity contribution in [3.8, 4) is 0 Å². The van der Waals surface area contributed by atoms with E-state index < -0.39 is 19.1 Å². The van der Waals surface area contributed by atoms with Crippen LogP contribution in [0.2, 0.25) is 0 Å². The summed E-state index contributed by atoms with van der Waals surface area (Å²) in [6.07, 6.45) is -0.462. The molecule has 1 N–H and O–H groups in total. The van der Waals surface area contributed by atoms with Gasteiger partial charge >= 0.3 is 6.05 Å². The molecule has 0 amide bonds. The van der Waals surface area contributed by atoms with Crippen LogP contribution in [0.15, 0.2) is 0 Å². The minimum Gasteiger partial charge on any atom is -0.396 e. The van der Waals surface area contributed by atoms with Gasteiger partial charge in [0.1, 0.15) is 0 Å². The van der Waals surface area contributed by atoms with Crippen molar-refractivity contribution >= 4 is 12.4 Å². The molecule has 14 heavy (non-hydrogen) atoms. The number of alkyl halides is 2. The van der Waals surface area contributed by atoms with Gasteiger partial charge < -0.3 is 10.0 Å². The normalized spacial score (nSPS) is 20.6. The molecule has 86 valence electrons. The first-order valence-electron chi connectivity index (χ1n) is 4.48. The summed E-state index contributed by atoms with van der Waals surface area (Å²) in [7, 11) is 1.92. The molecule has 0 spiro atoms. The number of aliphatic hydroxyl groups is 1. The smallest absolute Gasteiger partial charge is 0.307 e. The lowest BCUT2D eigenvalue weighted by molar-refractivity contribution is -0.167. The van der Waals surface area contributed by atoms with Crippen LogP contribution < -0.4 is 0 Å². The van der Waals surface area contributed by atoms with Gasteiger partial charge in [0.15, 0.2) is 0 Å². The average Bonchev–Trinajstić information content (AvgIpc) is 2.05. The highest BCUT2D eigenvalue weighted by molar-refractivity contribution is 5.85. The van der Waals surface area contributed by atoms with Gasteiger partial charge in [-0.3, -0.25) is 0 Å². The zero-order valence-corrected chi connectivity index (χ0v) is 9.06. The predicted octanol–water partition coefficient (Wildman–Crippen LogP) is 0.631. The van der Waals surface area contributed by atoms with E-state index in [1.807, 2.05) is 11.9 Å². The quantitative estimate of drug-likeness (QED) is 0.721. The first kappa shape index (κ1) is 14.0. The summed E-state index contributed by atoms with van der Waals surface area (Å²) >= 11 is 0. The van der Waals surface area contributed by atoms with E-state index in [2.05, 4.69) is 0 Å². The van der Waals surface area contributed by atoms with E-state index in [1.54, 1.807) is 0 Å². The molecule has 1 fully saturated rings. The molecule has 0 atom stereocenters. The Hall–Kier alpha value is 0.0300. The monoisotopic (exact) mass is 230 g/mol. The molecule has 1 aliphatic heterocycles. The maximum atomic E-state index is 13.2. The van der Waals surface area contributed by atoms with Crippen molar-refractivity contribution in [1.29, 1.82) is 0 Å². The Kier molecular flexibility index (Phi) is 5.81. The van der Waals surface area contributed by atoms with Crippen LogP contribution in [0.5, 0.6) is 0 Å². The predicted molar refractivity (Wildman–Crippen MR) is 53.0 cm³/mol. The van der Waals surface area contributed by atoms with Crippen molar-refractivity contribution < 1.29 is 13.9 Å². The third-order valence-electron chi connectivity index (χ3n) is 2.38. The Labute approximate surface area is 89.1 Å². The molecule has 6 heteroatoms. The van der Waals surface area contributed by atoms with Gasteiger partial charge in [-0.25, -0.2) is 4.90 Å². The largest absolute Gasteiger partial charge is 0.396 e. The van der Waals surface area contributed by atoms with Crippen molar-refractivity contribution in [2.75, 3.05) is 39.8 Å². The van der Waals surface area contributed by atoms with E-state index in [-0.39, 0.29) is 12.4 Å². The molecule has 0 radical (unpaired) electrons. The minimum atomic E-state index is -2.84. The summed E-state index contributed by atoms with van der Waals surface area (Å²) in [4.78, 5) is 3.16. The van der Waals surface area contributed by atoms with Crippen LogP contribution in [-0.4, -0.2) is 60.8 Å². The molecule has 0 saturated carbocycles. The van der Waals surface area contributed by atoms with Gasteiger partial charge in [-0.15, -0.1) is 12.4 Å². The molecular weight excluding hydrogens is 214 g/mol. The Bertz CT molecular complexity index is 163. The number of aliphatic hydroxyl groups excluding tert-OH is 1. The number of halogens is 3. The van der Waals surface area contributed by atoms with Crippen molar-refractivity contribution in [1.82, 2.24) is 9.80 Å². The highest BCUT2D eigenvalue weighted by atomic mass is 35.5. The molecular formula is C8H17ClF2N2O. The molecule has 0 aliphatic carbocycles. The van der Waals surface area contributed by atoms with Crippen molar-refractivity contribution in [3.05, 3.63) is 0 Å². The molecule has 1 rings (SSSR count). The van der Waals surface area contributed by atoms with Crippen LogP contribution >= 0.6 is 12.4 Å². The van der Waals surface area contributed by atoms with Crippen LogP contribution in [0, 0.1) is 0 Å². The summed E-state index contributed by atoms with van der Waals surface area (Å²) < 4.78 is 26.4. The van der Waals surface area contributed by atoms with Gasteiger partial charge in [-0.2, -0.15) is 8.78 Å². The zero-order valence-electron chi connectivity index (χ0n) is 8.25. The summed E-state index contributed by atoms with van der Waals surface area (Å²) in [6, 6.07) is -2.84. The summed E-state index contributed by atoms with van der Waals surface area (Å²) in [5.41, 5.74) is 0. The highest BCUT2D eigenvalue weighted by Crippen LogP contribution is 2.24. The highest BCUT2D eigenvalue weighted by Gasteiger charge is 2.37. The number of hydrogen-bond donors (Lipinski definition) is 1. The molecule has 0 bridgehead atoms. The minimum absolute atomic E-state index is 0. The SMILES string of the molecule is CN1CCN(C(F)(F)CCO)CC1.Cl. The standard InChI is InChI=1S/C8H16F2N2O.ClH/c1-11-3-5-12(6-4-11)8(9,10)2-7-13;/h13H,2-7H2,1H3;1H. The Balaban J connectivity index is 0.00000169. The van der Waals surface area contributed by atoms with Crippen LogP contribution in [0.4, 0.5) is 8.78 Å². The lowest BCUT2D eigenvalue weighted by Crippen LogP contribution is -2.52. The van der Waals surface area contributed by atoms with E-state index in [0.717, 1.165) is 4.90 Å². The number of likely N-dealkylation sites (N-methyl/N-ethyl adjacent to an activating group) is 1. The van der Waals surface area contributed by atoms with Gasteiger partial charge in [0.05, 0.1) is 6.61 Å². The molecule has 3 nitrogen and oxygen atoms in total. The fourth-order valence-corrected chi connectivity index (χ4v) is 1.43. The summed E-state index contributed by atoms with van der Waals surface area (Å²) in [5.74, 6) is 0. The van der Waals surface area contributed by atoms with Crippen LogP contribution in [0.25, 0.3) is 0 Å². The van der Waals surface area contributed by atoms with Crippen LogP contribution in [0.1, 0.15) is 6.42 Å². The Morgan fingerprint density at radius 2 is 1.71 bits per heavy atom. The van der Waals surface area contributed by atoms with E-state index in [0.29, 0.717) is 26.2 Å². The number of nitrogens with zero attached hydrogens (tertiary/aromatic N) is 2. The Morgan fingerprint density at radius 3 is 2.14 bits per heavy atom. The van der Waals surface area contributed by atoms with Gasteiger partial charge in [-0.05, 0) is 7.05 Å². The van der Waals surface area contributed by atoms with Crippen LogP contribution in [0.3, 0.4) is 0 Å². The lowest BCUT2D eigenvalue weighted by Gasteiger charge is -2.37. The van der Waals surface area contributed by atoms with E-state index >= 15 is 0 Å². The average molecular weight is 231 g/mol. The van der Waals surface area contributed by atoms with Crippen molar-refractivity contribution in [2.24, 2.45) is 0 Å². The third kappa shape index (κ3) is 3.65. The van der Waals surface area contributed by atoms with E-state index in [9.17, 15) is 8.78 Å². The van der Waals surface area contributed by atoms with Gasteiger partial charge in [0.2, 0.25) is 0 Å². The van der Waals surface area contributed by atoms with E-state index in [4.69, 9.17) is 5.11 Å². The van der Waals surface area contributed by atoms with Crippen LogP contribution in [-0.2, 0) is 0 Å². The fourth-order valence-electron chi connectivity index (χ4n) is 1.43. The van der Waals surface area contributed by atoms with Gasteiger partial charge in [0.25, 0.3) is 0 Å². The first-order chi connectivity index (χ1) is 6.06.